The van der Waals surface area contributed by atoms with E-state index < -0.39 is 0 Å². The molecule has 0 aliphatic heterocycles. The van der Waals surface area contributed by atoms with E-state index in [1.54, 1.807) is 31.3 Å². The van der Waals surface area contributed by atoms with Crippen LogP contribution in [-0.2, 0) is 4.79 Å². The second kappa shape index (κ2) is 7.53. The van der Waals surface area contributed by atoms with Crippen molar-refractivity contribution in [1.29, 1.82) is 0 Å². The van der Waals surface area contributed by atoms with Crippen LogP contribution in [0.25, 0.3) is 0 Å². The first kappa shape index (κ1) is 15.2. The van der Waals surface area contributed by atoms with Crippen molar-refractivity contribution in [1.82, 2.24) is 10.6 Å². The maximum Gasteiger partial charge on any atom is 0.253 e. The Morgan fingerprint density at radius 1 is 1.21 bits per heavy atom. The van der Waals surface area contributed by atoms with Gasteiger partial charge in [0.2, 0.25) is 5.91 Å². The molecule has 5 heteroatoms. The number of amides is 2. The Morgan fingerprint density at radius 3 is 2.53 bits per heavy atom. The molecule has 104 valence electrons. The summed E-state index contributed by atoms with van der Waals surface area (Å²) in [7, 11) is 1.70. The summed E-state index contributed by atoms with van der Waals surface area (Å²) in [5.74, 6) is 0.0377. The van der Waals surface area contributed by atoms with E-state index in [2.05, 4.69) is 16.0 Å². The standard InChI is InChI=1S/C14H21N3O2/c1-10(2)8-16-14(19)11-6-4-5-7-12(11)17-13(18)9-15-3/h4-7,10,15H,8-9H2,1-3H3,(H,16,19)(H,17,18). The molecule has 1 aromatic carbocycles. The molecular formula is C14H21N3O2. The molecule has 1 rings (SSSR count). The van der Waals surface area contributed by atoms with E-state index in [1.165, 1.54) is 0 Å². The zero-order chi connectivity index (χ0) is 14.3. The minimum atomic E-state index is -0.174. The topological polar surface area (TPSA) is 70.2 Å². The largest absolute Gasteiger partial charge is 0.352 e. The Hall–Kier alpha value is -1.88. The molecule has 0 fully saturated rings. The third-order valence-electron chi connectivity index (χ3n) is 2.45. The summed E-state index contributed by atoms with van der Waals surface area (Å²) in [6.07, 6.45) is 0. The second-order valence-electron chi connectivity index (χ2n) is 4.73. The molecule has 0 radical (unpaired) electrons. The van der Waals surface area contributed by atoms with Gasteiger partial charge in [0.15, 0.2) is 0 Å². The molecule has 0 aromatic heterocycles. The van der Waals surface area contributed by atoms with Crippen molar-refractivity contribution in [3.63, 3.8) is 0 Å². The quantitative estimate of drug-likeness (QED) is 0.723. The smallest absolute Gasteiger partial charge is 0.253 e. The van der Waals surface area contributed by atoms with E-state index in [4.69, 9.17) is 0 Å². The van der Waals surface area contributed by atoms with Crippen LogP contribution in [0, 0.1) is 5.92 Å². The van der Waals surface area contributed by atoms with Crippen molar-refractivity contribution in [2.75, 3.05) is 25.5 Å². The van der Waals surface area contributed by atoms with E-state index in [1.807, 2.05) is 13.8 Å². The van der Waals surface area contributed by atoms with Crippen molar-refractivity contribution in [3.05, 3.63) is 29.8 Å². The number of hydrogen-bond donors (Lipinski definition) is 3. The number of benzene rings is 1. The zero-order valence-corrected chi connectivity index (χ0v) is 11.6. The molecule has 0 heterocycles. The summed E-state index contributed by atoms with van der Waals surface area (Å²) in [6.45, 7) is 4.88. The van der Waals surface area contributed by atoms with Gasteiger partial charge in [-0.2, -0.15) is 0 Å². The predicted molar refractivity (Wildman–Crippen MR) is 76.2 cm³/mol. The summed E-state index contributed by atoms with van der Waals surface area (Å²) in [4.78, 5) is 23.6. The van der Waals surface area contributed by atoms with Crippen molar-refractivity contribution >= 4 is 17.5 Å². The molecule has 2 amide bonds. The first-order valence-corrected chi connectivity index (χ1v) is 6.36. The van der Waals surface area contributed by atoms with Crippen molar-refractivity contribution < 1.29 is 9.59 Å². The highest BCUT2D eigenvalue weighted by Gasteiger charge is 2.12. The van der Waals surface area contributed by atoms with E-state index in [-0.39, 0.29) is 18.4 Å². The number of carbonyl (C=O) groups excluding carboxylic acids is 2. The molecule has 3 N–H and O–H groups in total. The second-order valence-corrected chi connectivity index (χ2v) is 4.73. The molecule has 0 saturated heterocycles. The maximum atomic E-state index is 12.0. The van der Waals surface area contributed by atoms with Gasteiger partial charge in [-0.25, -0.2) is 0 Å². The van der Waals surface area contributed by atoms with Gasteiger partial charge in [0, 0.05) is 6.54 Å². The van der Waals surface area contributed by atoms with Gasteiger partial charge in [0.1, 0.15) is 0 Å². The Balaban J connectivity index is 2.77. The fraction of sp³-hybridized carbons (Fsp3) is 0.429. The van der Waals surface area contributed by atoms with Crippen LogP contribution in [0.2, 0.25) is 0 Å². The molecule has 1 aromatic rings. The van der Waals surface area contributed by atoms with Crippen molar-refractivity contribution in [2.45, 2.75) is 13.8 Å². The van der Waals surface area contributed by atoms with Crippen molar-refractivity contribution in [3.8, 4) is 0 Å². The highest BCUT2D eigenvalue weighted by molar-refractivity contribution is 6.04. The van der Waals surface area contributed by atoms with E-state index in [9.17, 15) is 9.59 Å². The van der Waals surface area contributed by atoms with Crippen LogP contribution in [0.1, 0.15) is 24.2 Å². The molecular weight excluding hydrogens is 242 g/mol. The van der Waals surface area contributed by atoms with Gasteiger partial charge in [0.25, 0.3) is 5.91 Å². The number of carbonyl (C=O) groups is 2. The van der Waals surface area contributed by atoms with E-state index >= 15 is 0 Å². The third kappa shape index (κ3) is 5.09. The van der Waals surface area contributed by atoms with Crippen LogP contribution in [-0.4, -0.2) is 32.0 Å². The lowest BCUT2D eigenvalue weighted by Crippen LogP contribution is -2.30. The predicted octanol–water partition coefficient (Wildman–Crippen LogP) is 1.23. The van der Waals surface area contributed by atoms with Crippen molar-refractivity contribution in [2.24, 2.45) is 5.92 Å². The highest BCUT2D eigenvalue weighted by Crippen LogP contribution is 2.14. The highest BCUT2D eigenvalue weighted by atomic mass is 16.2. The molecule has 0 spiro atoms. The Morgan fingerprint density at radius 2 is 1.89 bits per heavy atom. The van der Waals surface area contributed by atoms with Gasteiger partial charge in [-0.15, -0.1) is 0 Å². The molecule has 19 heavy (non-hydrogen) atoms. The summed E-state index contributed by atoms with van der Waals surface area (Å²) < 4.78 is 0. The van der Waals surface area contributed by atoms with Gasteiger partial charge in [0.05, 0.1) is 17.8 Å². The van der Waals surface area contributed by atoms with E-state index in [0.29, 0.717) is 23.7 Å². The van der Waals surface area contributed by atoms with Gasteiger partial charge in [-0.3, -0.25) is 9.59 Å². The zero-order valence-electron chi connectivity index (χ0n) is 11.6. The number of hydrogen-bond acceptors (Lipinski definition) is 3. The first-order valence-electron chi connectivity index (χ1n) is 6.36. The number of anilines is 1. The number of rotatable bonds is 6. The SMILES string of the molecule is CNCC(=O)Nc1ccccc1C(=O)NCC(C)C. The lowest BCUT2D eigenvalue weighted by Gasteiger charge is -2.12. The molecule has 0 aliphatic carbocycles. The molecule has 0 unspecified atom stereocenters. The summed E-state index contributed by atoms with van der Waals surface area (Å²) in [5, 5.41) is 8.32. The number of para-hydroxylation sites is 1. The summed E-state index contributed by atoms with van der Waals surface area (Å²) >= 11 is 0. The minimum absolute atomic E-state index is 0.172. The molecule has 0 aliphatic rings. The van der Waals surface area contributed by atoms with Crippen LogP contribution in [0.5, 0.6) is 0 Å². The van der Waals surface area contributed by atoms with E-state index in [0.717, 1.165) is 0 Å². The lowest BCUT2D eigenvalue weighted by molar-refractivity contribution is -0.115. The maximum absolute atomic E-state index is 12.0. The Labute approximate surface area is 113 Å². The number of likely N-dealkylation sites (N-methyl/N-ethyl adjacent to an activating group) is 1. The van der Waals surface area contributed by atoms with Crippen LogP contribution < -0.4 is 16.0 Å². The van der Waals surface area contributed by atoms with Crippen LogP contribution in [0.4, 0.5) is 5.69 Å². The monoisotopic (exact) mass is 263 g/mol. The van der Waals surface area contributed by atoms with Gasteiger partial charge in [-0.1, -0.05) is 26.0 Å². The first-order chi connectivity index (χ1) is 9.04. The Kier molecular flexibility index (Phi) is 6.02. The normalized spacial score (nSPS) is 10.3. The van der Waals surface area contributed by atoms with Crippen LogP contribution in [0.3, 0.4) is 0 Å². The van der Waals surface area contributed by atoms with Crippen LogP contribution in [0.15, 0.2) is 24.3 Å². The average Bonchev–Trinajstić information content (AvgIpc) is 2.36. The molecule has 0 bridgehead atoms. The summed E-state index contributed by atoms with van der Waals surface area (Å²) in [5.41, 5.74) is 1.01. The van der Waals surface area contributed by atoms with Gasteiger partial charge >= 0.3 is 0 Å². The Bertz CT molecular complexity index is 444. The number of nitrogens with one attached hydrogen (secondary N) is 3. The fourth-order valence-electron chi connectivity index (χ4n) is 1.54. The summed E-state index contributed by atoms with van der Waals surface area (Å²) in [6, 6.07) is 6.98. The average molecular weight is 263 g/mol. The van der Waals surface area contributed by atoms with Gasteiger partial charge in [-0.05, 0) is 25.1 Å². The minimum Gasteiger partial charge on any atom is -0.352 e. The molecule has 5 nitrogen and oxygen atoms in total. The third-order valence-corrected chi connectivity index (χ3v) is 2.45. The molecule has 0 atom stereocenters. The lowest BCUT2D eigenvalue weighted by atomic mass is 10.1. The van der Waals surface area contributed by atoms with Gasteiger partial charge < -0.3 is 16.0 Å². The fourth-order valence-corrected chi connectivity index (χ4v) is 1.54. The molecule has 0 saturated carbocycles. The van der Waals surface area contributed by atoms with Crippen LogP contribution >= 0.6 is 0 Å².